The first-order valence-corrected chi connectivity index (χ1v) is 9.30. The lowest BCUT2D eigenvalue weighted by Crippen LogP contribution is -2.30. The second-order valence-corrected chi connectivity index (χ2v) is 6.81. The normalized spacial score (nSPS) is 15.5. The van der Waals surface area contributed by atoms with E-state index in [1.165, 1.54) is 0 Å². The predicted molar refractivity (Wildman–Crippen MR) is 106 cm³/mol. The fourth-order valence-electron chi connectivity index (χ4n) is 3.59. The van der Waals surface area contributed by atoms with E-state index in [1.807, 2.05) is 22.9 Å². The average molecular weight is 397 g/mol. The van der Waals surface area contributed by atoms with Crippen LogP contribution in [0.4, 0.5) is 5.82 Å². The van der Waals surface area contributed by atoms with Crippen LogP contribution in [0.5, 0.6) is 17.2 Å². The number of nitrogens with zero attached hydrogens (tertiary/aromatic N) is 3. The van der Waals surface area contributed by atoms with E-state index >= 15 is 0 Å². The first-order valence-electron chi connectivity index (χ1n) is 9.30. The number of carbonyl (C=O) groups excluding carboxylic acids is 1. The number of hydrogen-bond acceptors (Lipinski definition) is 6. The Hall–Kier alpha value is -3.49. The van der Waals surface area contributed by atoms with Gasteiger partial charge in [0.2, 0.25) is 11.7 Å². The van der Waals surface area contributed by atoms with Gasteiger partial charge in [-0.1, -0.05) is 0 Å². The number of amides is 1. The maximum atomic E-state index is 12.7. The number of aromatic amines is 1. The summed E-state index contributed by atoms with van der Waals surface area (Å²) in [5, 5.41) is 14.3. The van der Waals surface area contributed by atoms with Gasteiger partial charge in [0.25, 0.3) is 0 Å². The molecule has 3 heterocycles. The van der Waals surface area contributed by atoms with Gasteiger partial charge < -0.3 is 19.5 Å². The molecule has 1 aliphatic rings. The number of hydrogen-bond donors (Lipinski definition) is 2. The Morgan fingerprint density at radius 1 is 1.17 bits per heavy atom. The van der Waals surface area contributed by atoms with E-state index in [0.717, 1.165) is 29.9 Å². The molecule has 9 nitrogen and oxygen atoms in total. The fraction of sp³-hybridized carbons (Fsp3) is 0.350. The van der Waals surface area contributed by atoms with Crippen molar-refractivity contribution in [2.45, 2.75) is 19.4 Å². The summed E-state index contributed by atoms with van der Waals surface area (Å²) in [7, 11) is 4.69. The lowest BCUT2D eigenvalue weighted by molar-refractivity contribution is -0.120. The largest absolute Gasteiger partial charge is 0.493 e. The minimum Gasteiger partial charge on any atom is -0.493 e. The number of benzene rings is 1. The van der Waals surface area contributed by atoms with Gasteiger partial charge in [-0.2, -0.15) is 10.2 Å². The quantitative estimate of drug-likeness (QED) is 0.662. The van der Waals surface area contributed by atoms with Crippen LogP contribution in [0.3, 0.4) is 0 Å². The number of methoxy groups -OCH3 is 3. The molecule has 0 saturated carbocycles. The molecule has 0 bridgehead atoms. The highest BCUT2D eigenvalue weighted by molar-refractivity contribution is 5.92. The van der Waals surface area contributed by atoms with Crippen LogP contribution in [0.15, 0.2) is 30.5 Å². The minimum absolute atomic E-state index is 0.0413. The van der Waals surface area contributed by atoms with Crippen molar-refractivity contribution < 1.29 is 19.0 Å². The highest BCUT2D eigenvalue weighted by Gasteiger charge is 2.25. The maximum absolute atomic E-state index is 12.7. The molecule has 9 heteroatoms. The van der Waals surface area contributed by atoms with Gasteiger partial charge in [0, 0.05) is 42.4 Å². The Kier molecular flexibility index (Phi) is 5.11. The summed E-state index contributed by atoms with van der Waals surface area (Å²) in [6.07, 6.45) is 3.20. The van der Waals surface area contributed by atoms with Crippen LogP contribution in [-0.4, -0.2) is 47.2 Å². The summed E-state index contributed by atoms with van der Waals surface area (Å²) < 4.78 is 18.1. The third-order valence-electron chi connectivity index (χ3n) is 5.13. The summed E-state index contributed by atoms with van der Waals surface area (Å²) >= 11 is 0. The van der Waals surface area contributed by atoms with Gasteiger partial charge in [0.1, 0.15) is 0 Å². The van der Waals surface area contributed by atoms with Crippen LogP contribution in [-0.2, 0) is 17.8 Å². The second-order valence-electron chi connectivity index (χ2n) is 6.81. The molecule has 1 aliphatic heterocycles. The zero-order valence-corrected chi connectivity index (χ0v) is 16.6. The number of anilines is 1. The van der Waals surface area contributed by atoms with Crippen molar-refractivity contribution in [2.24, 2.45) is 5.92 Å². The van der Waals surface area contributed by atoms with Crippen molar-refractivity contribution in [3.8, 4) is 28.5 Å². The third-order valence-corrected chi connectivity index (χ3v) is 5.13. The Morgan fingerprint density at radius 2 is 1.93 bits per heavy atom. The Bertz CT molecular complexity index is 1000. The standard InChI is InChI=1S/C20H23N5O4/c1-27-16-9-13(10-17(28-2)19(16)29-3)15-11-18(24-23-15)22-20(26)12-5-7-25-14(8-12)4-6-21-25/h4,6,9-12H,5,7-8H2,1-3H3,(H2,22,23,24,26). The van der Waals surface area contributed by atoms with Crippen LogP contribution >= 0.6 is 0 Å². The van der Waals surface area contributed by atoms with Crippen molar-refractivity contribution in [3.05, 3.63) is 36.2 Å². The molecule has 1 amide bonds. The van der Waals surface area contributed by atoms with Gasteiger partial charge >= 0.3 is 0 Å². The van der Waals surface area contributed by atoms with E-state index in [-0.39, 0.29) is 11.8 Å². The number of ether oxygens (including phenoxy) is 3. The number of rotatable bonds is 6. The zero-order valence-electron chi connectivity index (χ0n) is 16.6. The molecule has 152 valence electrons. The molecule has 1 atom stereocenters. The highest BCUT2D eigenvalue weighted by atomic mass is 16.5. The molecule has 0 aliphatic carbocycles. The molecule has 1 aromatic carbocycles. The highest BCUT2D eigenvalue weighted by Crippen LogP contribution is 2.41. The van der Waals surface area contributed by atoms with Crippen LogP contribution in [0, 0.1) is 5.92 Å². The van der Waals surface area contributed by atoms with Crippen LogP contribution in [0.2, 0.25) is 0 Å². The van der Waals surface area contributed by atoms with Crippen molar-refractivity contribution in [1.29, 1.82) is 0 Å². The summed E-state index contributed by atoms with van der Waals surface area (Å²) in [6.45, 7) is 0.748. The molecule has 4 rings (SSSR count). The average Bonchev–Trinajstić information content (AvgIpc) is 3.41. The van der Waals surface area contributed by atoms with E-state index in [4.69, 9.17) is 14.2 Å². The smallest absolute Gasteiger partial charge is 0.229 e. The first kappa shape index (κ1) is 18.9. The molecule has 1 unspecified atom stereocenters. The first-order chi connectivity index (χ1) is 14.1. The van der Waals surface area contributed by atoms with Gasteiger partial charge in [0.05, 0.1) is 27.0 Å². The summed E-state index contributed by atoms with van der Waals surface area (Å²) in [4.78, 5) is 12.7. The van der Waals surface area contributed by atoms with Crippen molar-refractivity contribution >= 4 is 11.7 Å². The summed E-state index contributed by atoms with van der Waals surface area (Å²) in [5.41, 5.74) is 2.60. The molecule has 29 heavy (non-hydrogen) atoms. The number of aromatic nitrogens is 4. The zero-order chi connectivity index (χ0) is 20.4. The lowest BCUT2D eigenvalue weighted by Gasteiger charge is -2.22. The summed E-state index contributed by atoms with van der Waals surface area (Å²) in [5.74, 6) is 1.93. The van der Waals surface area contributed by atoms with Crippen LogP contribution in [0.25, 0.3) is 11.3 Å². The van der Waals surface area contributed by atoms with Gasteiger partial charge in [-0.05, 0) is 24.6 Å². The Morgan fingerprint density at radius 3 is 2.62 bits per heavy atom. The van der Waals surface area contributed by atoms with Crippen molar-refractivity contribution in [3.63, 3.8) is 0 Å². The molecule has 2 aromatic heterocycles. The Labute approximate surface area is 168 Å². The maximum Gasteiger partial charge on any atom is 0.229 e. The van der Waals surface area contributed by atoms with E-state index in [2.05, 4.69) is 20.6 Å². The van der Waals surface area contributed by atoms with Crippen molar-refractivity contribution in [2.75, 3.05) is 26.6 Å². The lowest BCUT2D eigenvalue weighted by atomic mass is 9.95. The monoisotopic (exact) mass is 397 g/mol. The van der Waals surface area contributed by atoms with E-state index in [9.17, 15) is 4.79 Å². The molecule has 3 aromatic rings. The van der Waals surface area contributed by atoms with Gasteiger partial charge in [-0.15, -0.1) is 0 Å². The number of nitrogens with one attached hydrogen (secondary N) is 2. The molecule has 0 saturated heterocycles. The minimum atomic E-state index is -0.0967. The number of fused-ring (bicyclic) bond motifs is 1. The van der Waals surface area contributed by atoms with Crippen molar-refractivity contribution in [1.82, 2.24) is 20.0 Å². The van der Waals surface area contributed by atoms with E-state index < -0.39 is 0 Å². The predicted octanol–water partition coefficient (Wildman–Crippen LogP) is 2.50. The van der Waals surface area contributed by atoms with E-state index in [0.29, 0.717) is 29.5 Å². The molecule has 0 fully saturated rings. The van der Waals surface area contributed by atoms with Gasteiger partial charge in [-0.25, -0.2) is 0 Å². The van der Waals surface area contributed by atoms with Crippen LogP contribution in [0.1, 0.15) is 12.1 Å². The third kappa shape index (κ3) is 3.63. The van der Waals surface area contributed by atoms with Crippen LogP contribution < -0.4 is 19.5 Å². The molecule has 0 radical (unpaired) electrons. The molecular weight excluding hydrogens is 374 g/mol. The van der Waals surface area contributed by atoms with Gasteiger partial charge in [0.15, 0.2) is 17.3 Å². The molecule has 2 N–H and O–H groups in total. The molecular formula is C20H23N5O4. The number of aryl methyl sites for hydroxylation is 1. The second kappa shape index (κ2) is 7.86. The molecule has 0 spiro atoms. The number of carbonyl (C=O) groups is 1. The van der Waals surface area contributed by atoms with Gasteiger partial charge in [-0.3, -0.25) is 14.6 Å². The number of H-pyrrole nitrogens is 1. The SMILES string of the molecule is COc1cc(-c2cc(NC(=O)C3CCn4nccc4C3)n[nH]2)cc(OC)c1OC. The topological polar surface area (TPSA) is 103 Å². The summed E-state index contributed by atoms with van der Waals surface area (Å²) in [6, 6.07) is 7.38. The van der Waals surface area contributed by atoms with E-state index in [1.54, 1.807) is 33.6 Å². The fourth-order valence-corrected chi connectivity index (χ4v) is 3.59. The Balaban J connectivity index is 1.51.